The Labute approximate surface area is 244 Å². The lowest BCUT2D eigenvalue weighted by Gasteiger charge is -2.33. The van der Waals surface area contributed by atoms with Gasteiger partial charge in [0.2, 0.25) is 11.8 Å². The van der Waals surface area contributed by atoms with Gasteiger partial charge in [-0.15, -0.1) is 0 Å². The van der Waals surface area contributed by atoms with Crippen LogP contribution >= 0.6 is 27.5 Å². The first-order chi connectivity index (χ1) is 18.2. The first-order valence-electron chi connectivity index (χ1n) is 12.4. The van der Waals surface area contributed by atoms with Gasteiger partial charge in [-0.25, -0.2) is 8.42 Å². The average molecular weight is 635 g/mol. The van der Waals surface area contributed by atoms with Crippen LogP contribution in [-0.2, 0) is 26.2 Å². The molecule has 10 heteroatoms. The molecule has 7 nitrogen and oxygen atoms in total. The molecule has 0 saturated carbocycles. The molecule has 3 aromatic rings. The molecule has 0 unspecified atom stereocenters. The van der Waals surface area contributed by atoms with E-state index in [2.05, 4.69) is 21.2 Å². The highest BCUT2D eigenvalue weighted by Crippen LogP contribution is 2.28. The maximum absolute atomic E-state index is 13.9. The largest absolute Gasteiger partial charge is 0.350 e. The number of nitrogens with one attached hydrogen (secondary N) is 1. The fourth-order valence-corrected chi connectivity index (χ4v) is 5.69. The fraction of sp³-hybridized carbons (Fsp3) is 0.310. The first-order valence-corrected chi connectivity index (χ1v) is 15.0. The summed E-state index contributed by atoms with van der Waals surface area (Å²) in [7, 11) is -4.15. The Bertz CT molecular complexity index is 1430. The van der Waals surface area contributed by atoms with Crippen molar-refractivity contribution in [1.82, 2.24) is 10.2 Å². The Kier molecular flexibility index (Phi) is 9.85. The molecule has 0 radical (unpaired) electrons. The zero-order chi connectivity index (χ0) is 29.0. The number of carbonyl (C=O) groups excluding carboxylic acids is 2. The minimum atomic E-state index is -4.15. The standard InChI is InChI=1S/C29H33BrClN3O4S/c1-20-11-16-24(17-26(20)31)34(39(37,38)25-9-7-6-8-10-25)19-27(35)33(18-22-12-14-23(30)15-13-22)21(2)28(36)32-29(3,4)5/h6-17,21H,18-19H2,1-5H3,(H,32,36)/t21-/m0/s1. The smallest absolute Gasteiger partial charge is 0.264 e. The van der Waals surface area contributed by atoms with Crippen molar-refractivity contribution in [2.75, 3.05) is 10.8 Å². The van der Waals surface area contributed by atoms with Gasteiger partial charge < -0.3 is 10.2 Å². The first kappa shape index (κ1) is 30.7. The molecule has 2 amide bonds. The van der Waals surface area contributed by atoms with E-state index in [9.17, 15) is 18.0 Å². The zero-order valence-corrected chi connectivity index (χ0v) is 25.8. The van der Waals surface area contributed by atoms with Crippen LogP contribution in [0.15, 0.2) is 82.2 Å². The molecule has 0 aliphatic heterocycles. The number of benzene rings is 3. The normalized spacial score (nSPS) is 12.5. The second-order valence-corrected chi connectivity index (χ2v) is 13.5. The van der Waals surface area contributed by atoms with Crippen LogP contribution in [0.25, 0.3) is 0 Å². The number of amides is 2. The van der Waals surface area contributed by atoms with Gasteiger partial charge >= 0.3 is 0 Å². The average Bonchev–Trinajstić information content (AvgIpc) is 2.87. The van der Waals surface area contributed by atoms with Crippen LogP contribution in [-0.4, -0.2) is 43.3 Å². The lowest BCUT2D eigenvalue weighted by molar-refractivity contribution is -0.140. The van der Waals surface area contributed by atoms with Crippen molar-refractivity contribution >= 4 is 55.1 Å². The summed E-state index contributed by atoms with van der Waals surface area (Å²) in [5.41, 5.74) is 1.29. The van der Waals surface area contributed by atoms with Crippen LogP contribution in [0.3, 0.4) is 0 Å². The number of hydrogen-bond donors (Lipinski definition) is 1. The van der Waals surface area contributed by atoms with Gasteiger partial charge in [0.25, 0.3) is 10.0 Å². The summed E-state index contributed by atoms with van der Waals surface area (Å²) in [6.07, 6.45) is 0. The van der Waals surface area contributed by atoms with E-state index in [0.717, 1.165) is 19.9 Å². The number of halogens is 2. The molecular formula is C29H33BrClN3O4S. The van der Waals surface area contributed by atoms with Crippen LogP contribution in [0.2, 0.25) is 5.02 Å². The number of nitrogens with zero attached hydrogens (tertiary/aromatic N) is 2. The van der Waals surface area contributed by atoms with Crippen molar-refractivity contribution in [2.24, 2.45) is 0 Å². The molecule has 3 rings (SSSR count). The molecule has 0 fully saturated rings. The van der Waals surface area contributed by atoms with E-state index >= 15 is 0 Å². The molecule has 0 spiro atoms. The highest BCUT2D eigenvalue weighted by atomic mass is 79.9. The molecule has 0 bridgehead atoms. The topological polar surface area (TPSA) is 86.8 Å². The SMILES string of the molecule is Cc1ccc(N(CC(=O)N(Cc2ccc(Br)cc2)[C@@H](C)C(=O)NC(C)(C)C)S(=O)(=O)c2ccccc2)cc1Cl. The highest BCUT2D eigenvalue weighted by Gasteiger charge is 2.33. The Hall–Kier alpha value is -2.88. The third-order valence-electron chi connectivity index (χ3n) is 5.99. The summed E-state index contributed by atoms with van der Waals surface area (Å²) in [5.74, 6) is -0.880. The van der Waals surface area contributed by atoms with Crippen molar-refractivity contribution in [2.45, 2.75) is 57.6 Å². The summed E-state index contributed by atoms with van der Waals surface area (Å²) < 4.78 is 29.5. The highest BCUT2D eigenvalue weighted by molar-refractivity contribution is 9.10. The number of hydrogen-bond acceptors (Lipinski definition) is 4. The molecule has 1 N–H and O–H groups in total. The van der Waals surface area contributed by atoms with E-state index < -0.39 is 34.1 Å². The molecule has 208 valence electrons. The lowest BCUT2D eigenvalue weighted by atomic mass is 10.1. The maximum atomic E-state index is 13.9. The molecule has 0 aromatic heterocycles. The molecule has 0 saturated heterocycles. The number of anilines is 1. The van der Waals surface area contributed by atoms with Crippen molar-refractivity contribution in [1.29, 1.82) is 0 Å². The second kappa shape index (κ2) is 12.5. The van der Waals surface area contributed by atoms with Gasteiger partial charge in [0.1, 0.15) is 12.6 Å². The monoisotopic (exact) mass is 633 g/mol. The summed E-state index contributed by atoms with van der Waals surface area (Å²) in [6, 6.07) is 19.3. The van der Waals surface area contributed by atoms with Crippen molar-refractivity contribution in [3.63, 3.8) is 0 Å². The molecule has 0 heterocycles. The quantitative estimate of drug-likeness (QED) is 0.316. The van der Waals surface area contributed by atoms with Gasteiger partial charge in [0.05, 0.1) is 10.6 Å². The van der Waals surface area contributed by atoms with Crippen molar-refractivity contribution in [3.05, 3.63) is 93.4 Å². The van der Waals surface area contributed by atoms with E-state index in [4.69, 9.17) is 11.6 Å². The van der Waals surface area contributed by atoms with Gasteiger partial charge in [0, 0.05) is 21.6 Å². The molecule has 3 aromatic carbocycles. The number of rotatable bonds is 9. The van der Waals surface area contributed by atoms with Crippen LogP contribution in [0, 0.1) is 6.92 Å². The third-order valence-corrected chi connectivity index (χ3v) is 8.71. The van der Waals surface area contributed by atoms with Crippen molar-refractivity contribution < 1.29 is 18.0 Å². The van der Waals surface area contributed by atoms with E-state index in [1.54, 1.807) is 37.3 Å². The Morgan fingerprint density at radius 2 is 1.62 bits per heavy atom. The Morgan fingerprint density at radius 1 is 1.00 bits per heavy atom. The number of aryl methyl sites for hydroxylation is 1. The zero-order valence-electron chi connectivity index (χ0n) is 22.6. The van der Waals surface area contributed by atoms with Crippen LogP contribution in [0.5, 0.6) is 0 Å². The summed E-state index contributed by atoms with van der Waals surface area (Å²) in [6.45, 7) is 8.59. The minimum Gasteiger partial charge on any atom is -0.350 e. The van der Waals surface area contributed by atoms with E-state index in [1.807, 2.05) is 52.0 Å². The Morgan fingerprint density at radius 3 is 2.18 bits per heavy atom. The number of carbonyl (C=O) groups is 2. The van der Waals surface area contributed by atoms with Gasteiger partial charge in [-0.2, -0.15) is 0 Å². The van der Waals surface area contributed by atoms with E-state index in [1.165, 1.54) is 23.1 Å². The summed E-state index contributed by atoms with van der Waals surface area (Å²) in [4.78, 5) is 28.5. The number of sulfonamides is 1. The van der Waals surface area contributed by atoms with Crippen LogP contribution in [0.4, 0.5) is 5.69 Å². The van der Waals surface area contributed by atoms with Gasteiger partial charge in [-0.1, -0.05) is 63.9 Å². The molecular weight excluding hydrogens is 602 g/mol. The van der Waals surface area contributed by atoms with Gasteiger partial charge in [-0.3, -0.25) is 13.9 Å². The Balaban J connectivity index is 2.04. The van der Waals surface area contributed by atoms with E-state index in [0.29, 0.717) is 5.02 Å². The minimum absolute atomic E-state index is 0.0347. The van der Waals surface area contributed by atoms with Crippen molar-refractivity contribution in [3.8, 4) is 0 Å². The maximum Gasteiger partial charge on any atom is 0.264 e. The van der Waals surface area contributed by atoms with Gasteiger partial charge in [0.15, 0.2) is 0 Å². The molecule has 1 atom stereocenters. The summed E-state index contributed by atoms with van der Waals surface area (Å²) in [5, 5.41) is 3.29. The summed E-state index contributed by atoms with van der Waals surface area (Å²) >= 11 is 9.76. The third kappa shape index (κ3) is 8.06. The molecule has 39 heavy (non-hydrogen) atoms. The van der Waals surface area contributed by atoms with Crippen LogP contribution in [0.1, 0.15) is 38.8 Å². The molecule has 0 aliphatic rings. The predicted molar refractivity (Wildman–Crippen MR) is 159 cm³/mol. The predicted octanol–water partition coefficient (Wildman–Crippen LogP) is 5.94. The van der Waals surface area contributed by atoms with E-state index in [-0.39, 0.29) is 23.0 Å². The molecule has 0 aliphatic carbocycles. The van der Waals surface area contributed by atoms with Crippen LogP contribution < -0.4 is 9.62 Å². The van der Waals surface area contributed by atoms with Gasteiger partial charge in [-0.05, 0) is 82.1 Å². The fourth-order valence-electron chi connectivity index (χ4n) is 3.83. The second-order valence-electron chi connectivity index (χ2n) is 10.3. The lowest BCUT2D eigenvalue weighted by Crippen LogP contribution is -2.54.